The summed E-state index contributed by atoms with van der Waals surface area (Å²) >= 11 is 0. The number of rotatable bonds is 7. The topological polar surface area (TPSA) is 118 Å². The monoisotopic (exact) mass is 404 g/mol. The van der Waals surface area contributed by atoms with E-state index in [1.165, 1.54) is 0 Å². The van der Waals surface area contributed by atoms with Gasteiger partial charge in [0.1, 0.15) is 18.0 Å². The minimum Gasteiger partial charge on any atom is -0.461 e. The third-order valence-electron chi connectivity index (χ3n) is 4.66. The molecule has 0 aliphatic rings. The van der Waals surface area contributed by atoms with E-state index in [1.54, 1.807) is 6.20 Å². The fourth-order valence-corrected chi connectivity index (χ4v) is 3.34. The maximum absolute atomic E-state index is 12.1. The Kier molecular flexibility index (Phi) is 5.54. The van der Waals surface area contributed by atoms with Crippen LogP contribution in [0, 0.1) is 0 Å². The quantitative estimate of drug-likeness (QED) is 0.267. The average Bonchev–Trinajstić information content (AvgIpc) is 3.35. The van der Waals surface area contributed by atoms with Crippen molar-refractivity contribution < 1.29 is 13.9 Å². The molecule has 0 fully saturated rings. The first-order valence-corrected chi connectivity index (χ1v) is 9.49. The van der Waals surface area contributed by atoms with Gasteiger partial charge in [-0.1, -0.05) is 35.4 Å². The second-order valence-corrected chi connectivity index (χ2v) is 6.95. The minimum atomic E-state index is -0.479. The second-order valence-electron chi connectivity index (χ2n) is 6.95. The van der Waals surface area contributed by atoms with E-state index >= 15 is 0 Å². The lowest BCUT2D eigenvalue weighted by molar-refractivity contribution is 0.135. The fraction of sp³-hybridized carbons (Fsp3) is 0.238. The van der Waals surface area contributed by atoms with Crippen molar-refractivity contribution in [1.82, 2.24) is 15.1 Å². The Balaban J connectivity index is 1.46. The predicted octanol–water partition coefficient (Wildman–Crippen LogP) is 4.91. The summed E-state index contributed by atoms with van der Waals surface area (Å²) in [6.07, 6.45) is 1.29. The van der Waals surface area contributed by atoms with E-state index in [4.69, 9.17) is 14.7 Å². The zero-order valence-electron chi connectivity index (χ0n) is 16.4. The van der Waals surface area contributed by atoms with Crippen LogP contribution in [0.1, 0.15) is 18.2 Å². The average molecular weight is 404 g/mol. The third-order valence-corrected chi connectivity index (χ3v) is 4.66. The molecule has 1 amide bonds. The highest BCUT2D eigenvalue weighted by Crippen LogP contribution is 2.28. The molecule has 9 heteroatoms. The van der Waals surface area contributed by atoms with E-state index in [2.05, 4.69) is 20.4 Å². The van der Waals surface area contributed by atoms with Crippen LogP contribution in [0.25, 0.3) is 32.3 Å². The molecule has 2 aromatic heterocycles. The van der Waals surface area contributed by atoms with Gasteiger partial charge in [-0.25, -0.2) is 4.79 Å². The molecule has 0 radical (unpaired) electrons. The van der Waals surface area contributed by atoms with Crippen molar-refractivity contribution in [1.29, 1.82) is 0 Å². The summed E-state index contributed by atoms with van der Waals surface area (Å²) in [6, 6.07) is 15.0. The molecule has 2 aromatic carbocycles. The van der Waals surface area contributed by atoms with E-state index in [0.29, 0.717) is 17.9 Å². The van der Waals surface area contributed by atoms with Crippen LogP contribution >= 0.6 is 0 Å². The summed E-state index contributed by atoms with van der Waals surface area (Å²) in [5, 5.41) is 12.7. The molecule has 0 bridgehead atoms. The van der Waals surface area contributed by atoms with Crippen LogP contribution in [0.3, 0.4) is 0 Å². The molecule has 2 heterocycles. The maximum atomic E-state index is 12.1. The van der Waals surface area contributed by atoms with Crippen LogP contribution in [0.4, 0.5) is 4.79 Å². The summed E-state index contributed by atoms with van der Waals surface area (Å²) in [4.78, 5) is 14.9. The van der Waals surface area contributed by atoms with Crippen LogP contribution in [-0.2, 0) is 24.4 Å². The number of amides is 1. The molecule has 0 aliphatic heterocycles. The molecule has 0 saturated heterocycles. The van der Waals surface area contributed by atoms with Crippen molar-refractivity contribution in [2.75, 3.05) is 0 Å². The Morgan fingerprint density at radius 3 is 2.97 bits per heavy atom. The number of hydrogen-bond donors (Lipinski definition) is 1. The van der Waals surface area contributed by atoms with E-state index < -0.39 is 6.09 Å². The largest absolute Gasteiger partial charge is 0.461 e. The van der Waals surface area contributed by atoms with Gasteiger partial charge >= 0.3 is 6.09 Å². The summed E-state index contributed by atoms with van der Waals surface area (Å²) < 4.78 is 12.9. The van der Waals surface area contributed by atoms with Gasteiger partial charge in [-0.05, 0) is 36.2 Å². The van der Waals surface area contributed by atoms with Crippen molar-refractivity contribution in [2.24, 2.45) is 5.11 Å². The number of azide groups is 1. The van der Waals surface area contributed by atoms with Crippen molar-refractivity contribution in [3.05, 3.63) is 76.5 Å². The van der Waals surface area contributed by atoms with Crippen molar-refractivity contribution in [2.45, 2.75) is 32.7 Å². The van der Waals surface area contributed by atoms with Crippen LogP contribution in [-0.4, -0.2) is 21.9 Å². The van der Waals surface area contributed by atoms with Gasteiger partial charge in [-0.15, -0.1) is 0 Å². The Labute approximate surface area is 171 Å². The number of nitrogens with zero attached hydrogens (tertiary/aromatic N) is 5. The number of nitrogens with one attached hydrogen (secondary N) is 1. The third kappa shape index (κ3) is 4.21. The summed E-state index contributed by atoms with van der Waals surface area (Å²) in [6.45, 7) is 2.71. The van der Waals surface area contributed by atoms with Crippen molar-refractivity contribution in [3.8, 4) is 0 Å². The van der Waals surface area contributed by atoms with Gasteiger partial charge < -0.3 is 14.5 Å². The highest BCUT2D eigenvalue weighted by molar-refractivity contribution is 6.03. The zero-order valence-corrected chi connectivity index (χ0v) is 16.4. The Hall–Kier alpha value is -3.97. The molecule has 152 valence electrons. The molecule has 0 spiro atoms. The number of benzene rings is 2. The van der Waals surface area contributed by atoms with E-state index in [-0.39, 0.29) is 19.2 Å². The smallest absolute Gasteiger partial charge is 0.407 e. The number of aromatic nitrogens is 2. The lowest BCUT2D eigenvalue weighted by Crippen LogP contribution is -2.36. The van der Waals surface area contributed by atoms with Gasteiger partial charge in [0, 0.05) is 21.7 Å². The van der Waals surface area contributed by atoms with Crippen molar-refractivity contribution >= 4 is 28.0 Å². The normalized spacial score (nSPS) is 11.9. The Bertz CT molecular complexity index is 1220. The lowest BCUT2D eigenvalue weighted by atomic mass is 10.2. The number of carbonyl (C=O) groups excluding carboxylic acids is 1. The molecular weight excluding hydrogens is 384 g/mol. The molecule has 0 aliphatic carbocycles. The summed E-state index contributed by atoms with van der Waals surface area (Å²) in [5.74, 6) is 0.582. The first-order valence-electron chi connectivity index (χ1n) is 9.49. The Morgan fingerprint density at radius 1 is 1.33 bits per heavy atom. The van der Waals surface area contributed by atoms with Gasteiger partial charge in [0.05, 0.1) is 24.8 Å². The molecule has 30 heavy (non-hydrogen) atoms. The molecule has 1 N–H and O–H groups in total. The number of alkyl carbamates (subject to hydrolysis) is 1. The van der Waals surface area contributed by atoms with E-state index in [9.17, 15) is 4.79 Å². The molecular formula is C21H20N6O3. The summed E-state index contributed by atoms with van der Waals surface area (Å²) in [5.41, 5.74) is 11.0. The predicted molar refractivity (Wildman–Crippen MR) is 112 cm³/mol. The molecule has 0 saturated carbocycles. The van der Waals surface area contributed by atoms with Gasteiger partial charge in [-0.2, -0.15) is 5.10 Å². The first-order chi connectivity index (χ1) is 14.6. The van der Waals surface area contributed by atoms with E-state index in [1.807, 2.05) is 60.1 Å². The highest BCUT2D eigenvalue weighted by atomic mass is 16.5. The van der Waals surface area contributed by atoms with Gasteiger partial charge in [-0.3, -0.25) is 4.68 Å². The van der Waals surface area contributed by atoms with E-state index in [0.717, 1.165) is 21.9 Å². The minimum absolute atomic E-state index is 0.145. The van der Waals surface area contributed by atoms with Crippen LogP contribution < -0.4 is 5.32 Å². The van der Waals surface area contributed by atoms with Gasteiger partial charge in [0.25, 0.3) is 0 Å². The molecule has 9 nitrogen and oxygen atoms in total. The number of fused-ring (bicyclic) bond motifs is 3. The highest BCUT2D eigenvalue weighted by Gasteiger charge is 2.15. The van der Waals surface area contributed by atoms with Crippen LogP contribution in [0.15, 0.2) is 64.3 Å². The fourth-order valence-electron chi connectivity index (χ4n) is 3.34. The first kappa shape index (κ1) is 19.4. The molecule has 1 atom stereocenters. The second kappa shape index (κ2) is 8.59. The number of carbonyl (C=O) groups is 1. The maximum Gasteiger partial charge on any atom is 0.407 e. The molecule has 4 rings (SSSR count). The number of furan rings is 1. The molecule has 1 unspecified atom stereocenters. The lowest BCUT2D eigenvalue weighted by Gasteiger charge is -2.15. The number of ether oxygens (including phenoxy) is 1. The zero-order chi connectivity index (χ0) is 20.9. The summed E-state index contributed by atoms with van der Waals surface area (Å²) in [7, 11) is 0. The SMILES string of the molecule is CC(Cn1ncc2ccc3oc(CN=[N+]=[N-])cc3c21)NC(=O)OCc1ccccc1. The van der Waals surface area contributed by atoms with Crippen LogP contribution in [0.2, 0.25) is 0 Å². The molecule has 4 aromatic rings. The van der Waals surface area contributed by atoms with Crippen molar-refractivity contribution in [3.63, 3.8) is 0 Å². The van der Waals surface area contributed by atoms with Gasteiger partial charge in [0.15, 0.2) is 0 Å². The Morgan fingerprint density at radius 2 is 2.17 bits per heavy atom. The van der Waals surface area contributed by atoms with Crippen LogP contribution in [0.5, 0.6) is 0 Å². The van der Waals surface area contributed by atoms with Gasteiger partial charge in [0.2, 0.25) is 0 Å². The standard InChI is InChI=1S/C21H20N6O3/c1-14(25-21(28)29-13-15-5-3-2-4-6-15)12-27-20-16(10-24-27)7-8-19-18(20)9-17(30-19)11-23-26-22/h2-10,14H,11-13H2,1H3,(H,25,28). The number of hydrogen-bond acceptors (Lipinski definition) is 5.